The Labute approximate surface area is 193 Å². The topological polar surface area (TPSA) is 94.5 Å². The van der Waals surface area contributed by atoms with Crippen molar-refractivity contribution in [2.45, 2.75) is 19.8 Å². The maximum absolute atomic E-state index is 6.33. The van der Waals surface area contributed by atoms with Crippen molar-refractivity contribution in [2.75, 3.05) is 18.8 Å². The van der Waals surface area contributed by atoms with Crippen LogP contribution in [0.25, 0.3) is 27.5 Å². The molecular formula is C21H19Cl2N7S. The lowest BCUT2D eigenvalue weighted by atomic mass is 10.1. The number of anilines is 1. The molecule has 0 saturated carbocycles. The SMILES string of the molecule is Cc1c(Cl)cc(-n2nnnc2-c2cc(-c3cc4c(s3)CCNCC4)cnc2N)cc1Cl. The van der Waals surface area contributed by atoms with Gasteiger partial charge < -0.3 is 11.1 Å². The van der Waals surface area contributed by atoms with E-state index in [1.807, 2.05) is 13.0 Å². The smallest absolute Gasteiger partial charge is 0.190 e. The molecule has 4 heterocycles. The molecule has 0 radical (unpaired) electrons. The molecule has 7 nitrogen and oxygen atoms in total. The highest BCUT2D eigenvalue weighted by Gasteiger charge is 2.19. The first kappa shape index (κ1) is 20.4. The summed E-state index contributed by atoms with van der Waals surface area (Å²) in [5.74, 6) is 0.830. The summed E-state index contributed by atoms with van der Waals surface area (Å²) in [6, 6.07) is 7.80. The van der Waals surface area contributed by atoms with E-state index in [0.717, 1.165) is 37.1 Å². The number of hydrogen-bond acceptors (Lipinski definition) is 7. The Bertz CT molecular complexity index is 1230. The third kappa shape index (κ3) is 3.80. The second kappa shape index (κ2) is 8.20. The van der Waals surface area contributed by atoms with Crippen molar-refractivity contribution in [3.05, 3.63) is 56.5 Å². The van der Waals surface area contributed by atoms with Gasteiger partial charge in [-0.15, -0.1) is 16.4 Å². The number of pyridine rings is 1. The number of thiophene rings is 1. The van der Waals surface area contributed by atoms with E-state index in [0.29, 0.717) is 32.9 Å². The Kier molecular flexibility index (Phi) is 5.39. The molecule has 3 aromatic heterocycles. The molecular weight excluding hydrogens is 453 g/mol. The number of fused-ring (bicyclic) bond motifs is 1. The number of nitrogens with two attached hydrogens (primary N) is 1. The molecule has 0 atom stereocenters. The number of rotatable bonds is 3. The molecule has 0 spiro atoms. The second-order valence-corrected chi connectivity index (χ2v) is 9.37. The van der Waals surface area contributed by atoms with Crippen LogP contribution in [-0.2, 0) is 12.8 Å². The van der Waals surface area contributed by atoms with Crippen LogP contribution in [0.4, 0.5) is 5.82 Å². The van der Waals surface area contributed by atoms with Crippen molar-refractivity contribution in [2.24, 2.45) is 0 Å². The van der Waals surface area contributed by atoms with E-state index in [1.54, 1.807) is 34.3 Å². The van der Waals surface area contributed by atoms with E-state index in [2.05, 4.69) is 31.9 Å². The molecule has 0 bridgehead atoms. The van der Waals surface area contributed by atoms with Gasteiger partial charge in [0.15, 0.2) is 5.82 Å². The lowest BCUT2D eigenvalue weighted by Crippen LogP contribution is -2.16. The second-order valence-electron chi connectivity index (χ2n) is 7.41. The van der Waals surface area contributed by atoms with Gasteiger partial charge in [-0.3, -0.25) is 0 Å². The van der Waals surface area contributed by atoms with Crippen molar-refractivity contribution < 1.29 is 0 Å². The predicted molar refractivity (Wildman–Crippen MR) is 125 cm³/mol. The average Bonchev–Trinajstić information content (AvgIpc) is 3.34. The number of aromatic nitrogens is 5. The summed E-state index contributed by atoms with van der Waals surface area (Å²) in [5.41, 5.74) is 10.7. The van der Waals surface area contributed by atoms with Gasteiger partial charge in [0.2, 0.25) is 0 Å². The normalized spacial score (nSPS) is 13.8. The van der Waals surface area contributed by atoms with Gasteiger partial charge in [0.1, 0.15) is 5.82 Å². The van der Waals surface area contributed by atoms with Gasteiger partial charge in [-0.05, 0) is 78.7 Å². The first-order valence-corrected chi connectivity index (χ1v) is 11.4. The summed E-state index contributed by atoms with van der Waals surface area (Å²) in [5, 5.41) is 16.7. The third-order valence-corrected chi connectivity index (χ3v) is 7.49. The summed E-state index contributed by atoms with van der Waals surface area (Å²) in [4.78, 5) is 7.02. The minimum Gasteiger partial charge on any atom is -0.383 e. The van der Waals surface area contributed by atoms with Crippen molar-refractivity contribution in [1.29, 1.82) is 0 Å². The fourth-order valence-corrected chi connectivity index (χ4v) is 5.32. The van der Waals surface area contributed by atoms with E-state index in [9.17, 15) is 0 Å². The van der Waals surface area contributed by atoms with Crippen LogP contribution in [0.1, 0.15) is 16.0 Å². The Hall–Kier alpha value is -2.52. The Morgan fingerprint density at radius 3 is 2.68 bits per heavy atom. The molecule has 0 unspecified atom stereocenters. The largest absolute Gasteiger partial charge is 0.383 e. The first-order chi connectivity index (χ1) is 15.0. The fourth-order valence-electron chi connectivity index (χ4n) is 3.65. The predicted octanol–water partition coefficient (Wildman–Crippen LogP) is 4.34. The fraction of sp³-hybridized carbons (Fsp3) is 0.238. The van der Waals surface area contributed by atoms with Gasteiger partial charge in [0.05, 0.1) is 11.3 Å². The summed E-state index contributed by atoms with van der Waals surface area (Å²) >= 11 is 14.5. The molecule has 1 aliphatic heterocycles. The van der Waals surface area contributed by atoms with Crippen LogP contribution in [0.15, 0.2) is 30.5 Å². The Balaban J connectivity index is 1.58. The minimum atomic E-state index is 0.353. The van der Waals surface area contributed by atoms with Crippen LogP contribution >= 0.6 is 34.5 Å². The maximum atomic E-state index is 6.33. The zero-order chi connectivity index (χ0) is 21.5. The molecule has 0 fully saturated rings. The lowest BCUT2D eigenvalue weighted by molar-refractivity contribution is 0.712. The molecule has 158 valence electrons. The quantitative estimate of drug-likeness (QED) is 0.461. The van der Waals surface area contributed by atoms with Crippen molar-refractivity contribution >= 4 is 40.4 Å². The molecule has 4 aromatic rings. The van der Waals surface area contributed by atoms with Gasteiger partial charge in [-0.25, -0.2) is 4.98 Å². The molecule has 1 aliphatic rings. The zero-order valence-corrected chi connectivity index (χ0v) is 19.0. The highest BCUT2D eigenvalue weighted by molar-refractivity contribution is 7.15. The monoisotopic (exact) mass is 471 g/mol. The van der Waals surface area contributed by atoms with Crippen LogP contribution in [-0.4, -0.2) is 38.3 Å². The summed E-state index contributed by atoms with van der Waals surface area (Å²) < 4.78 is 1.57. The molecule has 31 heavy (non-hydrogen) atoms. The number of nitrogen functional groups attached to an aromatic ring is 1. The van der Waals surface area contributed by atoms with Gasteiger partial charge in [0.25, 0.3) is 0 Å². The number of benzene rings is 1. The summed E-state index contributed by atoms with van der Waals surface area (Å²) in [6.45, 7) is 3.87. The molecule has 0 amide bonds. The van der Waals surface area contributed by atoms with Crippen molar-refractivity contribution in [3.63, 3.8) is 0 Å². The van der Waals surface area contributed by atoms with Crippen LogP contribution in [0.5, 0.6) is 0 Å². The van der Waals surface area contributed by atoms with Gasteiger partial charge in [-0.2, -0.15) is 4.68 Å². The number of tetrazole rings is 1. The summed E-state index contributed by atoms with van der Waals surface area (Å²) in [7, 11) is 0. The minimum absolute atomic E-state index is 0.353. The van der Waals surface area contributed by atoms with Crippen LogP contribution in [0, 0.1) is 6.92 Å². The molecule has 5 rings (SSSR count). The summed E-state index contributed by atoms with van der Waals surface area (Å²) in [6.07, 6.45) is 3.88. The van der Waals surface area contributed by atoms with E-state index in [4.69, 9.17) is 28.9 Å². The first-order valence-electron chi connectivity index (χ1n) is 9.84. The Morgan fingerprint density at radius 2 is 1.87 bits per heavy atom. The van der Waals surface area contributed by atoms with Crippen LogP contribution < -0.4 is 11.1 Å². The molecule has 3 N–H and O–H groups in total. The van der Waals surface area contributed by atoms with E-state index in [1.165, 1.54) is 15.3 Å². The standard InChI is InChI=1S/C21H19Cl2N7S/c1-11-16(22)8-14(9-17(11)23)30-21(27-28-29-30)15-6-13(10-26-20(15)24)19-7-12-2-4-25-5-3-18(12)31-19/h6-10,25H,2-5H2,1H3,(H2,24,26). The molecule has 1 aromatic carbocycles. The highest BCUT2D eigenvalue weighted by Crippen LogP contribution is 2.36. The van der Waals surface area contributed by atoms with Gasteiger partial charge in [0, 0.05) is 31.6 Å². The third-order valence-electron chi connectivity index (χ3n) is 5.42. The van der Waals surface area contributed by atoms with Crippen molar-refractivity contribution in [1.82, 2.24) is 30.5 Å². The van der Waals surface area contributed by atoms with E-state index in [-0.39, 0.29) is 0 Å². The van der Waals surface area contributed by atoms with Crippen LogP contribution in [0.2, 0.25) is 10.0 Å². The molecule has 10 heteroatoms. The number of nitrogens with one attached hydrogen (secondary N) is 1. The number of halogens is 2. The number of hydrogen-bond donors (Lipinski definition) is 2. The Morgan fingerprint density at radius 1 is 1.10 bits per heavy atom. The van der Waals surface area contributed by atoms with Crippen molar-refractivity contribution in [3.8, 4) is 27.5 Å². The van der Waals surface area contributed by atoms with E-state index < -0.39 is 0 Å². The maximum Gasteiger partial charge on any atom is 0.190 e. The van der Waals surface area contributed by atoms with Gasteiger partial charge >= 0.3 is 0 Å². The highest BCUT2D eigenvalue weighted by atomic mass is 35.5. The molecule has 0 aliphatic carbocycles. The lowest BCUT2D eigenvalue weighted by Gasteiger charge is -2.10. The van der Waals surface area contributed by atoms with Gasteiger partial charge in [-0.1, -0.05) is 23.2 Å². The van der Waals surface area contributed by atoms with E-state index >= 15 is 0 Å². The van der Waals surface area contributed by atoms with Crippen LogP contribution in [0.3, 0.4) is 0 Å². The number of nitrogens with zero attached hydrogens (tertiary/aromatic N) is 5. The average molecular weight is 472 g/mol. The molecule has 0 saturated heterocycles. The zero-order valence-electron chi connectivity index (χ0n) is 16.7.